The Balaban J connectivity index is 1.63. The van der Waals surface area contributed by atoms with E-state index in [1.807, 2.05) is 37.4 Å². The van der Waals surface area contributed by atoms with Crippen molar-refractivity contribution in [2.24, 2.45) is 5.92 Å². The number of hydrogen-bond donors (Lipinski definition) is 1. The maximum atomic E-state index is 12.0. The molecule has 2 rings (SSSR count). The van der Waals surface area contributed by atoms with Crippen molar-refractivity contribution in [3.8, 4) is 0 Å². The summed E-state index contributed by atoms with van der Waals surface area (Å²) >= 11 is 2.04. The Bertz CT molecular complexity index is 324. The molecule has 2 heterocycles. The molecule has 2 saturated heterocycles. The van der Waals surface area contributed by atoms with E-state index in [2.05, 4.69) is 5.32 Å². The van der Waals surface area contributed by atoms with Crippen molar-refractivity contribution < 1.29 is 9.53 Å². The summed E-state index contributed by atoms with van der Waals surface area (Å²) in [4.78, 5) is 13.8. The van der Waals surface area contributed by atoms with Crippen molar-refractivity contribution in [1.29, 1.82) is 0 Å². The van der Waals surface area contributed by atoms with E-state index in [9.17, 15) is 4.79 Å². The van der Waals surface area contributed by atoms with Gasteiger partial charge in [0.1, 0.15) is 5.60 Å². The van der Waals surface area contributed by atoms with Crippen LogP contribution in [0.25, 0.3) is 0 Å². The third kappa shape index (κ3) is 5.17. The molecule has 5 heteroatoms. The highest BCUT2D eigenvalue weighted by Crippen LogP contribution is 2.22. The zero-order chi connectivity index (χ0) is 14.6. The second kappa shape index (κ2) is 7.03. The summed E-state index contributed by atoms with van der Waals surface area (Å²) < 4.78 is 5.42. The second-order valence-electron chi connectivity index (χ2n) is 6.88. The predicted octanol–water partition coefficient (Wildman–Crippen LogP) is 2.73. The summed E-state index contributed by atoms with van der Waals surface area (Å²) in [6, 6.07) is 0.711. The predicted molar refractivity (Wildman–Crippen MR) is 84.3 cm³/mol. The van der Waals surface area contributed by atoms with Crippen molar-refractivity contribution >= 4 is 17.9 Å². The van der Waals surface area contributed by atoms with Crippen molar-refractivity contribution in [2.45, 2.75) is 51.7 Å². The Morgan fingerprint density at radius 1 is 1.40 bits per heavy atom. The van der Waals surface area contributed by atoms with Gasteiger partial charge in [-0.05, 0) is 58.2 Å². The van der Waals surface area contributed by atoms with Gasteiger partial charge in [-0.2, -0.15) is 11.8 Å². The smallest absolute Gasteiger partial charge is 0.410 e. The van der Waals surface area contributed by atoms with Gasteiger partial charge in [-0.3, -0.25) is 0 Å². The number of thioether (sulfide) groups is 1. The lowest BCUT2D eigenvalue weighted by Gasteiger charge is -2.24. The first-order valence-electron chi connectivity index (χ1n) is 7.73. The van der Waals surface area contributed by atoms with E-state index in [1.54, 1.807) is 0 Å². The van der Waals surface area contributed by atoms with E-state index in [0.29, 0.717) is 12.0 Å². The fourth-order valence-corrected chi connectivity index (χ4v) is 3.93. The molecule has 116 valence electrons. The minimum absolute atomic E-state index is 0.153. The van der Waals surface area contributed by atoms with Crippen LogP contribution < -0.4 is 5.32 Å². The van der Waals surface area contributed by atoms with Gasteiger partial charge >= 0.3 is 6.09 Å². The average Bonchev–Trinajstić information content (AvgIpc) is 2.97. The number of nitrogens with one attached hydrogen (secondary N) is 1. The van der Waals surface area contributed by atoms with Crippen LogP contribution in [0.3, 0.4) is 0 Å². The Hall–Kier alpha value is -0.420. The third-order valence-corrected chi connectivity index (χ3v) is 5.02. The fraction of sp³-hybridized carbons (Fsp3) is 0.933. The zero-order valence-electron chi connectivity index (χ0n) is 13.0. The van der Waals surface area contributed by atoms with Gasteiger partial charge in [-0.25, -0.2) is 4.79 Å². The molecular formula is C15H28N2O2S. The first-order chi connectivity index (χ1) is 9.44. The monoisotopic (exact) mass is 300 g/mol. The number of ether oxygens (including phenoxy) is 1. The topological polar surface area (TPSA) is 41.6 Å². The number of amides is 1. The van der Waals surface area contributed by atoms with Crippen LogP contribution in [-0.2, 0) is 4.74 Å². The standard InChI is InChI=1S/C15H28N2O2S/c1-15(2,3)19-14(18)17-8-5-12(10-17)4-7-16-13-6-9-20-11-13/h12-13,16H,4-11H2,1-3H3. The molecule has 2 fully saturated rings. The number of carbonyl (C=O) groups excluding carboxylic acids is 1. The van der Waals surface area contributed by atoms with E-state index in [1.165, 1.54) is 24.3 Å². The van der Waals surface area contributed by atoms with E-state index >= 15 is 0 Å². The Kier molecular flexibility index (Phi) is 5.61. The summed E-state index contributed by atoms with van der Waals surface area (Å²) in [5, 5.41) is 3.64. The van der Waals surface area contributed by atoms with E-state index in [-0.39, 0.29) is 6.09 Å². The maximum Gasteiger partial charge on any atom is 0.410 e. The highest BCUT2D eigenvalue weighted by Gasteiger charge is 2.29. The minimum Gasteiger partial charge on any atom is -0.444 e. The molecule has 0 aromatic heterocycles. The van der Waals surface area contributed by atoms with Crippen LogP contribution in [0.1, 0.15) is 40.0 Å². The molecule has 0 aliphatic carbocycles. The normalized spacial score (nSPS) is 27.1. The van der Waals surface area contributed by atoms with Crippen molar-refractivity contribution in [2.75, 3.05) is 31.1 Å². The average molecular weight is 300 g/mol. The molecule has 0 saturated carbocycles. The van der Waals surface area contributed by atoms with Gasteiger partial charge in [-0.1, -0.05) is 0 Å². The van der Waals surface area contributed by atoms with Crippen molar-refractivity contribution in [1.82, 2.24) is 10.2 Å². The first kappa shape index (κ1) is 16.0. The zero-order valence-corrected chi connectivity index (χ0v) is 13.8. The Morgan fingerprint density at radius 2 is 2.20 bits per heavy atom. The summed E-state index contributed by atoms with van der Waals surface area (Å²) in [7, 11) is 0. The van der Waals surface area contributed by atoms with E-state index in [0.717, 1.165) is 26.1 Å². The van der Waals surface area contributed by atoms with Crippen molar-refractivity contribution in [3.05, 3.63) is 0 Å². The van der Waals surface area contributed by atoms with Crippen LogP contribution in [0.5, 0.6) is 0 Å². The molecule has 0 radical (unpaired) electrons. The molecule has 0 spiro atoms. The van der Waals surface area contributed by atoms with Gasteiger partial charge in [0.2, 0.25) is 0 Å². The Labute approximate surface area is 127 Å². The number of hydrogen-bond acceptors (Lipinski definition) is 4. The molecule has 0 bridgehead atoms. The lowest BCUT2D eigenvalue weighted by molar-refractivity contribution is 0.0287. The number of rotatable bonds is 4. The number of carbonyl (C=O) groups is 1. The van der Waals surface area contributed by atoms with Crippen LogP contribution in [0, 0.1) is 5.92 Å². The molecule has 4 nitrogen and oxygen atoms in total. The van der Waals surface area contributed by atoms with Crippen LogP contribution in [0.15, 0.2) is 0 Å². The lowest BCUT2D eigenvalue weighted by Crippen LogP contribution is -2.35. The van der Waals surface area contributed by atoms with Crippen LogP contribution in [-0.4, -0.2) is 53.8 Å². The molecule has 1 N–H and O–H groups in total. The molecular weight excluding hydrogens is 272 g/mol. The van der Waals surface area contributed by atoms with Crippen LogP contribution >= 0.6 is 11.8 Å². The van der Waals surface area contributed by atoms with Gasteiger partial charge in [0, 0.05) is 24.9 Å². The number of nitrogens with zero attached hydrogens (tertiary/aromatic N) is 1. The molecule has 0 aromatic rings. The maximum absolute atomic E-state index is 12.0. The SMILES string of the molecule is CC(C)(C)OC(=O)N1CCC(CCNC2CCSC2)C1. The fourth-order valence-electron chi connectivity index (χ4n) is 2.75. The van der Waals surface area contributed by atoms with E-state index in [4.69, 9.17) is 4.74 Å². The summed E-state index contributed by atoms with van der Waals surface area (Å²) in [5.74, 6) is 3.19. The number of likely N-dealkylation sites (tertiary alicyclic amines) is 1. The van der Waals surface area contributed by atoms with Gasteiger partial charge in [0.25, 0.3) is 0 Å². The molecule has 2 aliphatic rings. The molecule has 20 heavy (non-hydrogen) atoms. The minimum atomic E-state index is -0.392. The molecule has 2 unspecified atom stereocenters. The highest BCUT2D eigenvalue weighted by molar-refractivity contribution is 7.99. The molecule has 0 aromatic carbocycles. The summed E-state index contributed by atoms with van der Waals surface area (Å²) in [6.45, 7) is 8.54. The van der Waals surface area contributed by atoms with Crippen molar-refractivity contribution in [3.63, 3.8) is 0 Å². The Morgan fingerprint density at radius 3 is 2.85 bits per heavy atom. The van der Waals surface area contributed by atoms with Crippen LogP contribution in [0.2, 0.25) is 0 Å². The summed E-state index contributed by atoms with van der Waals surface area (Å²) in [6.07, 6.45) is 3.43. The van der Waals surface area contributed by atoms with Gasteiger partial charge < -0.3 is 15.0 Å². The quantitative estimate of drug-likeness (QED) is 0.867. The van der Waals surface area contributed by atoms with Gasteiger partial charge in [0.05, 0.1) is 0 Å². The molecule has 2 atom stereocenters. The largest absolute Gasteiger partial charge is 0.444 e. The van der Waals surface area contributed by atoms with Crippen LogP contribution in [0.4, 0.5) is 4.79 Å². The second-order valence-corrected chi connectivity index (χ2v) is 8.03. The highest BCUT2D eigenvalue weighted by atomic mass is 32.2. The summed E-state index contributed by atoms with van der Waals surface area (Å²) in [5.41, 5.74) is -0.392. The van der Waals surface area contributed by atoms with Gasteiger partial charge in [-0.15, -0.1) is 0 Å². The molecule has 2 aliphatic heterocycles. The van der Waals surface area contributed by atoms with Gasteiger partial charge in [0.15, 0.2) is 0 Å². The van der Waals surface area contributed by atoms with E-state index < -0.39 is 5.60 Å². The lowest BCUT2D eigenvalue weighted by atomic mass is 10.1. The third-order valence-electron chi connectivity index (χ3n) is 3.85. The molecule has 1 amide bonds. The first-order valence-corrected chi connectivity index (χ1v) is 8.88.